The first-order valence-electron chi connectivity index (χ1n) is 5.69. The Labute approximate surface area is 118 Å². The van der Waals surface area contributed by atoms with Crippen molar-refractivity contribution in [2.45, 2.75) is 13.5 Å². The molecule has 0 aliphatic heterocycles. The fourth-order valence-electron chi connectivity index (χ4n) is 1.45. The van der Waals surface area contributed by atoms with Crippen LogP contribution < -0.4 is 10.6 Å². The second kappa shape index (κ2) is 6.11. The number of nitrogens with zero attached hydrogens (tertiary/aromatic N) is 2. The molecule has 0 bridgehead atoms. The number of pyridine rings is 1. The van der Waals surface area contributed by atoms with Crippen LogP contribution in [-0.2, 0) is 6.54 Å². The van der Waals surface area contributed by atoms with Crippen LogP contribution in [0.4, 0.5) is 10.5 Å². The highest BCUT2D eigenvalue weighted by molar-refractivity contribution is 7.11. The van der Waals surface area contributed by atoms with Crippen LogP contribution >= 0.6 is 11.3 Å². The van der Waals surface area contributed by atoms with Gasteiger partial charge < -0.3 is 15.7 Å². The van der Waals surface area contributed by atoms with Crippen molar-refractivity contribution in [3.8, 4) is 0 Å². The number of carbonyl (C=O) groups is 2. The maximum absolute atomic E-state index is 11.7. The zero-order valence-corrected chi connectivity index (χ0v) is 11.4. The largest absolute Gasteiger partial charge is 0.478 e. The van der Waals surface area contributed by atoms with Gasteiger partial charge in [-0.1, -0.05) is 0 Å². The Balaban J connectivity index is 1.91. The highest BCUT2D eigenvalue weighted by Gasteiger charge is 2.07. The van der Waals surface area contributed by atoms with Gasteiger partial charge in [-0.3, -0.25) is 4.98 Å². The number of hydrogen-bond donors (Lipinski definition) is 3. The predicted molar refractivity (Wildman–Crippen MR) is 73.9 cm³/mol. The number of urea groups is 1. The number of nitrogens with one attached hydrogen (secondary N) is 2. The van der Waals surface area contributed by atoms with Crippen LogP contribution in [0.1, 0.15) is 20.2 Å². The summed E-state index contributed by atoms with van der Waals surface area (Å²) in [4.78, 5) is 31.2. The molecule has 0 atom stereocenters. The van der Waals surface area contributed by atoms with E-state index in [-0.39, 0.29) is 5.56 Å². The molecule has 2 aromatic heterocycles. The Morgan fingerprint density at radius 3 is 2.80 bits per heavy atom. The Morgan fingerprint density at radius 1 is 1.35 bits per heavy atom. The third-order valence-corrected chi connectivity index (χ3v) is 3.25. The van der Waals surface area contributed by atoms with Crippen molar-refractivity contribution in [3.63, 3.8) is 0 Å². The van der Waals surface area contributed by atoms with Gasteiger partial charge in [0.1, 0.15) is 0 Å². The predicted octanol–water partition coefficient (Wildman–Crippen LogP) is 1.87. The monoisotopic (exact) mass is 292 g/mol. The Morgan fingerprint density at radius 2 is 2.15 bits per heavy atom. The summed E-state index contributed by atoms with van der Waals surface area (Å²) in [6.45, 7) is 2.25. The van der Waals surface area contributed by atoms with Gasteiger partial charge in [0, 0.05) is 17.3 Å². The van der Waals surface area contributed by atoms with E-state index in [0.717, 1.165) is 9.88 Å². The molecule has 2 aromatic rings. The summed E-state index contributed by atoms with van der Waals surface area (Å²) in [5, 5.41) is 14.9. The fourth-order valence-corrected chi connectivity index (χ4v) is 2.19. The van der Waals surface area contributed by atoms with Crippen LogP contribution in [0.15, 0.2) is 24.7 Å². The average Bonchev–Trinajstić information content (AvgIpc) is 2.82. The number of carbonyl (C=O) groups excluding carboxylic acids is 1. The Bertz CT molecular complexity index is 641. The number of hydrogen-bond acceptors (Lipinski definition) is 5. The average molecular weight is 292 g/mol. The van der Waals surface area contributed by atoms with Crippen molar-refractivity contribution in [1.82, 2.24) is 15.3 Å². The number of carboxylic acids is 1. The molecule has 104 valence electrons. The molecule has 3 N–H and O–H groups in total. The summed E-state index contributed by atoms with van der Waals surface area (Å²) in [6, 6.07) is 0.909. The highest BCUT2D eigenvalue weighted by atomic mass is 32.1. The van der Waals surface area contributed by atoms with Crippen LogP contribution in [0.25, 0.3) is 0 Å². The van der Waals surface area contributed by atoms with E-state index in [1.165, 1.54) is 29.8 Å². The minimum absolute atomic E-state index is 0.0147. The van der Waals surface area contributed by atoms with Gasteiger partial charge in [0.05, 0.1) is 29.0 Å². The van der Waals surface area contributed by atoms with Crippen molar-refractivity contribution in [3.05, 3.63) is 40.1 Å². The van der Waals surface area contributed by atoms with Gasteiger partial charge >= 0.3 is 12.0 Å². The van der Waals surface area contributed by atoms with Crippen LogP contribution in [-0.4, -0.2) is 27.1 Å². The van der Waals surface area contributed by atoms with E-state index in [1.54, 1.807) is 6.20 Å². The SMILES string of the molecule is Cc1ncc(CNC(=O)Nc2cncc(C(=O)O)c2)s1. The molecule has 0 spiro atoms. The van der Waals surface area contributed by atoms with Gasteiger partial charge in [-0.05, 0) is 13.0 Å². The number of rotatable bonds is 4. The van der Waals surface area contributed by atoms with Gasteiger partial charge in [-0.2, -0.15) is 0 Å². The molecule has 0 fully saturated rings. The standard InChI is InChI=1S/C12H12N4O3S/c1-7-14-5-10(20-7)6-15-12(19)16-9-2-8(11(17)18)3-13-4-9/h2-5H,6H2,1H3,(H,17,18)(H2,15,16,19). The summed E-state index contributed by atoms with van der Waals surface area (Å²) < 4.78 is 0. The lowest BCUT2D eigenvalue weighted by atomic mass is 10.3. The lowest BCUT2D eigenvalue weighted by Gasteiger charge is -2.06. The smallest absolute Gasteiger partial charge is 0.337 e. The Kier molecular flexibility index (Phi) is 4.26. The van der Waals surface area contributed by atoms with Gasteiger partial charge in [0.2, 0.25) is 0 Å². The van der Waals surface area contributed by atoms with Gasteiger partial charge in [0.25, 0.3) is 0 Å². The molecule has 0 saturated carbocycles. The van der Waals surface area contributed by atoms with E-state index in [1.807, 2.05) is 6.92 Å². The minimum atomic E-state index is -1.10. The highest BCUT2D eigenvalue weighted by Crippen LogP contribution is 2.11. The van der Waals surface area contributed by atoms with Crippen molar-refractivity contribution in [1.29, 1.82) is 0 Å². The molecule has 0 aliphatic rings. The third kappa shape index (κ3) is 3.75. The molecule has 2 rings (SSSR count). The summed E-state index contributed by atoms with van der Waals surface area (Å²) >= 11 is 1.50. The topological polar surface area (TPSA) is 104 Å². The van der Waals surface area contributed by atoms with Gasteiger partial charge in [0.15, 0.2) is 0 Å². The molecular formula is C12H12N4O3S. The molecule has 2 amide bonds. The second-order valence-corrected chi connectivity index (χ2v) is 5.24. The van der Waals surface area contributed by atoms with Crippen LogP contribution in [0.5, 0.6) is 0 Å². The molecule has 0 saturated heterocycles. The van der Waals surface area contributed by atoms with E-state index in [0.29, 0.717) is 12.2 Å². The maximum atomic E-state index is 11.7. The number of carboxylic acid groups (broad SMARTS) is 1. The molecule has 0 aromatic carbocycles. The summed E-state index contributed by atoms with van der Waals surface area (Å²) in [6.07, 6.45) is 4.29. The van der Waals surface area contributed by atoms with E-state index in [2.05, 4.69) is 20.6 Å². The quantitative estimate of drug-likeness (QED) is 0.798. The first-order chi connectivity index (χ1) is 9.54. The van der Waals surface area contributed by atoms with Crippen molar-refractivity contribution >= 4 is 29.0 Å². The molecule has 20 heavy (non-hydrogen) atoms. The Hall–Kier alpha value is -2.48. The number of aromatic nitrogens is 2. The van der Waals surface area contributed by atoms with E-state index < -0.39 is 12.0 Å². The number of anilines is 1. The number of aromatic carboxylic acids is 1. The zero-order valence-electron chi connectivity index (χ0n) is 10.6. The van der Waals surface area contributed by atoms with Crippen LogP contribution in [0.3, 0.4) is 0 Å². The third-order valence-electron chi connectivity index (χ3n) is 2.34. The summed E-state index contributed by atoms with van der Waals surface area (Å²) in [5.74, 6) is -1.10. The summed E-state index contributed by atoms with van der Waals surface area (Å²) in [7, 11) is 0. The molecule has 0 aliphatic carbocycles. The molecule has 7 nitrogen and oxygen atoms in total. The molecule has 8 heteroatoms. The van der Waals surface area contributed by atoms with E-state index in [4.69, 9.17) is 5.11 Å². The molecule has 0 unspecified atom stereocenters. The number of aryl methyl sites for hydroxylation is 1. The lowest BCUT2D eigenvalue weighted by Crippen LogP contribution is -2.28. The van der Waals surface area contributed by atoms with Gasteiger partial charge in [-0.15, -0.1) is 11.3 Å². The van der Waals surface area contributed by atoms with E-state index in [9.17, 15) is 9.59 Å². The number of amides is 2. The maximum Gasteiger partial charge on any atom is 0.337 e. The lowest BCUT2D eigenvalue weighted by molar-refractivity contribution is 0.0696. The fraction of sp³-hybridized carbons (Fsp3) is 0.167. The first kappa shape index (κ1) is 13.9. The second-order valence-electron chi connectivity index (χ2n) is 3.92. The van der Waals surface area contributed by atoms with E-state index >= 15 is 0 Å². The molecule has 0 radical (unpaired) electrons. The van der Waals surface area contributed by atoms with Crippen LogP contribution in [0.2, 0.25) is 0 Å². The minimum Gasteiger partial charge on any atom is -0.478 e. The van der Waals surface area contributed by atoms with Gasteiger partial charge in [-0.25, -0.2) is 14.6 Å². The summed E-state index contributed by atoms with van der Waals surface area (Å²) in [5.41, 5.74) is 0.337. The van der Waals surface area contributed by atoms with Crippen molar-refractivity contribution in [2.75, 3.05) is 5.32 Å². The molecule has 2 heterocycles. The molecular weight excluding hydrogens is 280 g/mol. The zero-order chi connectivity index (χ0) is 14.5. The van der Waals surface area contributed by atoms with Crippen LogP contribution in [0, 0.1) is 6.92 Å². The van der Waals surface area contributed by atoms with Crippen molar-refractivity contribution < 1.29 is 14.7 Å². The number of thiazole rings is 1. The normalized spacial score (nSPS) is 10.1. The first-order valence-corrected chi connectivity index (χ1v) is 6.51. The van der Waals surface area contributed by atoms with Crippen molar-refractivity contribution in [2.24, 2.45) is 0 Å².